The lowest BCUT2D eigenvalue weighted by Crippen LogP contribution is -2.48. The van der Waals surface area contributed by atoms with Crippen LogP contribution in [0.4, 0.5) is 10.1 Å². The summed E-state index contributed by atoms with van der Waals surface area (Å²) in [6.07, 6.45) is 11.0. The molecule has 0 spiro atoms. The molecule has 1 atom stereocenters. The standard InChI is InChI=1S/C36H39FN8O3/c1-4-48-36(47)32-22-45(41-40-32)34-16-33-30(15-31(34)37)35(46)26(20-44(33)27-9-10-27)19-43(18-25-11-12-38-24(3)14-25)29-6-5-13-42(21-29)28-8-7-23(2)39-17-28/h7-8,11-12,14-17,20,22,27,29H,4-6,9-10,13,18-19,21H2,1-3H3/t29-/m0/s1. The van der Waals surface area contributed by atoms with Crippen LogP contribution in [-0.2, 0) is 17.8 Å². The molecule has 2 aliphatic rings. The Labute approximate surface area is 278 Å². The fraction of sp³-hybridized carbons (Fsp3) is 0.389. The molecule has 0 amide bonds. The number of hydrogen-bond acceptors (Lipinski definition) is 9. The van der Waals surface area contributed by atoms with Crippen LogP contribution in [0.25, 0.3) is 16.6 Å². The van der Waals surface area contributed by atoms with Gasteiger partial charge in [0.15, 0.2) is 11.1 Å². The Hall–Kier alpha value is -4.97. The molecule has 0 unspecified atom stereocenters. The van der Waals surface area contributed by atoms with Crippen LogP contribution in [0, 0.1) is 19.7 Å². The molecule has 1 aromatic carbocycles. The van der Waals surface area contributed by atoms with Crippen molar-refractivity contribution in [3.63, 3.8) is 0 Å². The number of halogens is 1. The highest BCUT2D eigenvalue weighted by Crippen LogP contribution is 2.38. The Kier molecular flexibility index (Phi) is 8.74. The third-order valence-electron chi connectivity index (χ3n) is 9.23. The van der Waals surface area contributed by atoms with E-state index in [1.165, 1.54) is 16.9 Å². The topological polar surface area (TPSA) is 111 Å². The number of hydrogen-bond donors (Lipinski definition) is 0. The number of aryl methyl sites for hydroxylation is 2. The zero-order valence-corrected chi connectivity index (χ0v) is 27.5. The van der Waals surface area contributed by atoms with Crippen LogP contribution in [0.5, 0.6) is 0 Å². The van der Waals surface area contributed by atoms with Crippen LogP contribution in [0.3, 0.4) is 0 Å². The van der Waals surface area contributed by atoms with Crippen LogP contribution < -0.4 is 10.3 Å². The van der Waals surface area contributed by atoms with Gasteiger partial charge in [-0.1, -0.05) is 5.21 Å². The molecule has 1 aliphatic heterocycles. The molecule has 5 heterocycles. The molecule has 0 bridgehead atoms. The second kappa shape index (κ2) is 13.3. The zero-order chi connectivity index (χ0) is 33.4. The highest BCUT2D eigenvalue weighted by molar-refractivity contribution is 5.87. The number of fused-ring (bicyclic) bond motifs is 1. The van der Waals surface area contributed by atoms with Crippen LogP contribution in [0.2, 0.25) is 0 Å². The molecule has 1 saturated heterocycles. The summed E-state index contributed by atoms with van der Waals surface area (Å²) in [4.78, 5) is 40.0. The van der Waals surface area contributed by atoms with E-state index >= 15 is 4.39 Å². The molecule has 1 saturated carbocycles. The second-order valence-electron chi connectivity index (χ2n) is 12.8. The van der Waals surface area contributed by atoms with Gasteiger partial charge in [-0.2, -0.15) is 0 Å². The number of carbonyl (C=O) groups excluding carboxylic acids is 1. The molecular weight excluding hydrogens is 611 g/mol. The number of rotatable bonds is 10. The Balaban J connectivity index is 1.25. The number of carbonyl (C=O) groups is 1. The van der Waals surface area contributed by atoms with E-state index in [2.05, 4.69) is 46.8 Å². The third kappa shape index (κ3) is 6.57. The maximum Gasteiger partial charge on any atom is 0.360 e. The van der Waals surface area contributed by atoms with Gasteiger partial charge in [0.2, 0.25) is 0 Å². The van der Waals surface area contributed by atoms with E-state index in [1.54, 1.807) is 13.0 Å². The second-order valence-corrected chi connectivity index (χ2v) is 12.8. The smallest absolute Gasteiger partial charge is 0.360 e. The first-order valence-electron chi connectivity index (χ1n) is 16.6. The minimum atomic E-state index is -0.632. The lowest BCUT2D eigenvalue weighted by molar-refractivity contribution is 0.0519. The summed E-state index contributed by atoms with van der Waals surface area (Å²) in [6, 6.07) is 11.6. The van der Waals surface area contributed by atoms with Gasteiger partial charge in [0.1, 0.15) is 11.5 Å². The summed E-state index contributed by atoms with van der Waals surface area (Å²) < 4.78 is 24.1. The summed E-state index contributed by atoms with van der Waals surface area (Å²) in [5.41, 5.74) is 5.31. The monoisotopic (exact) mass is 650 g/mol. The molecule has 248 valence electrons. The number of benzene rings is 1. The molecule has 12 heteroatoms. The Morgan fingerprint density at radius 2 is 1.90 bits per heavy atom. The Morgan fingerprint density at radius 1 is 1.04 bits per heavy atom. The van der Waals surface area contributed by atoms with Crippen molar-refractivity contribution < 1.29 is 13.9 Å². The normalized spacial score (nSPS) is 16.5. The van der Waals surface area contributed by atoms with Crippen LogP contribution in [0.1, 0.15) is 71.7 Å². The van der Waals surface area contributed by atoms with Crippen molar-refractivity contribution in [3.8, 4) is 5.69 Å². The largest absolute Gasteiger partial charge is 0.461 e. The predicted molar refractivity (Wildman–Crippen MR) is 180 cm³/mol. The van der Waals surface area contributed by atoms with Gasteiger partial charge in [-0.3, -0.25) is 19.7 Å². The number of piperidine rings is 1. The van der Waals surface area contributed by atoms with Gasteiger partial charge in [-0.15, -0.1) is 5.10 Å². The molecule has 11 nitrogen and oxygen atoms in total. The van der Waals surface area contributed by atoms with Gasteiger partial charge in [0, 0.05) is 73.0 Å². The van der Waals surface area contributed by atoms with Crippen molar-refractivity contribution in [2.24, 2.45) is 0 Å². The first-order valence-corrected chi connectivity index (χ1v) is 16.6. The Morgan fingerprint density at radius 3 is 2.65 bits per heavy atom. The van der Waals surface area contributed by atoms with Gasteiger partial charge >= 0.3 is 5.97 Å². The maximum absolute atomic E-state index is 15.8. The quantitative estimate of drug-likeness (QED) is 0.186. The first kappa shape index (κ1) is 31.6. The minimum absolute atomic E-state index is 0.0179. The molecule has 1 aliphatic carbocycles. The molecule has 4 aromatic heterocycles. The van der Waals surface area contributed by atoms with Gasteiger partial charge in [0.05, 0.1) is 30.2 Å². The molecule has 7 rings (SSSR count). The summed E-state index contributed by atoms with van der Waals surface area (Å²) in [7, 11) is 0. The number of pyridine rings is 3. The van der Waals surface area contributed by atoms with Crippen molar-refractivity contribution in [3.05, 3.63) is 105 Å². The number of ether oxygens (including phenoxy) is 1. The van der Waals surface area contributed by atoms with Crippen molar-refractivity contribution in [2.75, 3.05) is 24.6 Å². The predicted octanol–water partition coefficient (Wildman–Crippen LogP) is 5.31. The van der Waals surface area contributed by atoms with E-state index in [1.807, 2.05) is 44.6 Å². The summed E-state index contributed by atoms with van der Waals surface area (Å²) in [5, 5.41) is 8.16. The summed E-state index contributed by atoms with van der Waals surface area (Å²) in [6.45, 7) is 8.68. The van der Waals surface area contributed by atoms with Crippen molar-refractivity contribution >= 4 is 22.6 Å². The van der Waals surface area contributed by atoms with Gasteiger partial charge in [0.25, 0.3) is 0 Å². The molecule has 2 fully saturated rings. The molecule has 0 radical (unpaired) electrons. The lowest BCUT2D eigenvalue weighted by atomic mass is 10.0. The summed E-state index contributed by atoms with van der Waals surface area (Å²) in [5.74, 6) is -1.26. The van der Waals surface area contributed by atoms with E-state index < -0.39 is 11.8 Å². The molecule has 5 aromatic rings. The van der Waals surface area contributed by atoms with E-state index in [4.69, 9.17) is 4.74 Å². The number of anilines is 1. The average Bonchev–Trinajstić information content (AvgIpc) is 3.81. The fourth-order valence-corrected chi connectivity index (χ4v) is 6.64. The maximum atomic E-state index is 15.8. The van der Waals surface area contributed by atoms with Gasteiger partial charge in [-0.25, -0.2) is 13.9 Å². The summed E-state index contributed by atoms with van der Waals surface area (Å²) >= 11 is 0. The van der Waals surface area contributed by atoms with Crippen molar-refractivity contribution in [1.82, 2.24) is 34.4 Å². The highest BCUT2D eigenvalue weighted by atomic mass is 19.1. The SMILES string of the molecule is CCOC(=O)c1cn(-c2cc3c(cc2F)c(=O)c(CN(Cc2ccnc(C)c2)[C@H]2CCCN(c4ccc(C)nc4)C2)cn3C2CC2)nn1. The average molecular weight is 651 g/mol. The molecule has 0 N–H and O–H groups in total. The van der Waals surface area contributed by atoms with E-state index in [0.717, 1.165) is 61.4 Å². The first-order chi connectivity index (χ1) is 23.3. The highest BCUT2D eigenvalue weighted by Gasteiger charge is 2.30. The van der Waals surface area contributed by atoms with Gasteiger partial charge in [-0.05, 0) is 88.4 Å². The molecular formula is C36H39FN8O3. The molecule has 48 heavy (non-hydrogen) atoms. The lowest BCUT2D eigenvalue weighted by Gasteiger charge is -2.40. The Bertz CT molecular complexity index is 2020. The van der Waals surface area contributed by atoms with E-state index in [-0.39, 0.29) is 35.5 Å². The number of aromatic nitrogens is 6. The fourth-order valence-electron chi connectivity index (χ4n) is 6.64. The van der Waals surface area contributed by atoms with Crippen molar-refractivity contribution in [1.29, 1.82) is 0 Å². The zero-order valence-electron chi connectivity index (χ0n) is 27.5. The number of nitrogens with zero attached hydrogens (tertiary/aromatic N) is 8. The van der Waals surface area contributed by atoms with Crippen LogP contribution in [0.15, 0.2) is 66.0 Å². The van der Waals surface area contributed by atoms with Crippen LogP contribution >= 0.6 is 0 Å². The van der Waals surface area contributed by atoms with Crippen LogP contribution in [-0.4, -0.2) is 66.1 Å². The van der Waals surface area contributed by atoms with E-state index in [0.29, 0.717) is 29.6 Å². The minimum Gasteiger partial charge on any atom is -0.461 e. The van der Waals surface area contributed by atoms with Crippen molar-refractivity contribution in [2.45, 2.75) is 71.6 Å². The van der Waals surface area contributed by atoms with E-state index in [9.17, 15) is 9.59 Å². The number of esters is 1. The third-order valence-corrected chi connectivity index (χ3v) is 9.23. The van der Waals surface area contributed by atoms with Gasteiger partial charge < -0.3 is 14.2 Å².